The summed E-state index contributed by atoms with van der Waals surface area (Å²) in [6.07, 6.45) is 0. The summed E-state index contributed by atoms with van der Waals surface area (Å²) in [5.74, 6) is 0.202. The van der Waals surface area contributed by atoms with Crippen LogP contribution in [0.3, 0.4) is 0 Å². The quantitative estimate of drug-likeness (QED) is 0.533. The number of aryl methyl sites for hydroxylation is 1. The fraction of sp³-hybridized carbons (Fsp3) is 0.300. The second-order valence-electron chi connectivity index (χ2n) is 6.22. The average molecular weight is 435 g/mol. The number of benzene rings is 2. The van der Waals surface area contributed by atoms with Gasteiger partial charge in [0.05, 0.1) is 28.3 Å². The monoisotopic (exact) mass is 434 g/mol. The molecule has 1 aromatic heterocycles. The van der Waals surface area contributed by atoms with E-state index in [0.717, 1.165) is 10.3 Å². The van der Waals surface area contributed by atoms with Crippen LogP contribution in [0.25, 0.3) is 10.2 Å². The third-order valence-corrected chi connectivity index (χ3v) is 6.51. The molecule has 29 heavy (non-hydrogen) atoms. The second-order valence-corrected chi connectivity index (χ2v) is 8.83. The minimum Gasteiger partial charge on any atom is -0.494 e. The Labute approximate surface area is 173 Å². The molecule has 2 aromatic carbocycles. The summed E-state index contributed by atoms with van der Waals surface area (Å²) in [5, 5.41) is 0. The van der Waals surface area contributed by atoms with Crippen LogP contribution in [0.4, 0.5) is 0 Å². The maximum absolute atomic E-state index is 12.8. The number of thiazole rings is 1. The van der Waals surface area contributed by atoms with Gasteiger partial charge >= 0.3 is 5.97 Å². The van der Waals surface area contributed by atoms with Crippen LogP contribution in [-0.4, -0.2) is 32.2 Å². The van der Waals surface area contributed by atoms with E-state index in [1.54, 1.807) is 35.8 Å². The summed E-state index contributed by atoms with van der Waals surface area (Å²) in [6.45, 7) is 6.10. The van der Waals surface area contributed by atoms with Gasteiger partial charge in [-0.1, -0.05) is 29.0 Å². The Kier molecular flexibility index (Phi) is 6.39. The van der Waals surface area contributed by atoms with Crippen molar-refractivity contribution in [2.75, 3.05) is 13.2 Å². The number of carbonyl (C=O) groups excluding carboxylic acids is 1. The van der Waals surface area contributed by atoms with E-state index in [1.807, 2.05) is 19.9 Å². The van der Waals surface area contributed by atoms with E-state index < -0.39 is 16.0 Å². The van der Waals surface area contributed by atoms with E-state index in [1.165, 1.54) is 23.5 Å². The number of ether oxygens (including phenoxy) is 2. The van der Waals surface area contributed by atoms with Crippen molar-refractivity contribution in [1.82, 2.24) is 4.57 Å². The van der Waals surface area contributed by atoms with Crippen molar-refractivity contribution >= 4 is 37.5 Å². The highest BCUT2D eigenvalue weighted by Crippen LogP contribution is 2.24. The predicted octanol–water partition coefficient (Wildman–Crippen LogP) is 3.26. The molecule has 0 fully saturated rings. The van der Waals surface area contributed by atoms with Crippen LogP contribution in [0.15, 0.2) is 51.8 Å². The Hall–Kier alpha value is -2.65. The number of hydrogen-bond acceptors (Lipinski definition) is 6. The average Bonchev–Trinajstić information content (AvgIpc) is 2.98. The third-order valence-electron chi connectivity index (χ3n) is 4.07. The van der Waals surface area contributed by atoms with Crippen molar-refractivity contribution < 1.29 is 22.7 Å². The van der Waals surface area contributed by atoms with Crippen LogP contribution in [-0.2, 0) is 26.1 Å². The normalized spacial score (nSPS) is 12.3. The molecule has 0 amide bonds. The zero-order valence-electron chi connectivity index (χ0n) is 16.4. The molecular formula is C20H22N2O5S2. The first-order valence-corrected chi connectivity index (χ1v) is 11.4. The summed E-state index contributed by atoms with van der Waals surface area (Å²) >= 11 is 1.18. The molecule has 9 heteroatoms. The molecule has 3 aromatic rings. The number of fused-ring (bicyclic) bond motifs is 1. The summed E-state index contributed by atoms with van der Waals surface area (Å²) in [7, 11) is -3.94. The first kappa shape index (κ1) is 21.1. The van der Waals surface area contributed by atoms with Crippen LogP contribution >= 0.6 is 11.3 Å². The van der Waals surface area contributed by atoms with Crippen molar-refractivity contribution in [1.29, 1.82) is 0 Å². The summed E-state index contributed by atoms with van der Waals surface area (Å²) in [4.78, 5) is 12.4. The van der Waals surface area contributed by atoms with Gasteiger partial charge in [0.1, 0.15) is 12.3 Å². The fourth-order valence-electron chi connectivity index (χ4n) is 2.73. The van der Waals surface area contributed by atoms with Gasteiger partial charge in [0.2, 0.25) is 4.80 Å². The van der Waals surface area contributed by atoms with E-state index in [2.05, 4.69) is 4.40 Å². The van der Waals surface area contributed by atoms with Crippen LogP contribution < -0.4 is 9.54 Å². The number of nitrogens with zero attached hydrogens (tertiary/aromatic N) is 2. The van der Waals surface area contributed by atoms with Crippen molar-refractivity contribution in [3.05, 3.63) is 52.8 Å². The van der Waals surface area contributed by atoms with Gasteiger partial charge in [0, 0.05) is 0 Å². The number of esters is 1. The summed E-state index contributed by atoms with van der Waals surface area (Å²) in [5.41, 5.74) is 1.64. The van der Waals surface area contributed by atoms with Gasteiger partial charge in [-0.25, -0.2) is 0 Å². The van der Waals surface area contributed by atoms with E-state index in [-0.39, 0.29) is 22.8 Å². The van der Waals surface area contributed by atoms with Gasteiger partial charge in [-0.15, -0.1) is 4.40 Å². The molecular weight excluding hydrogens is 412 g/mol. The first-order chi connectivity index (χ1) is 13.8. The molecule has 0 aliphatic rings. The van der Waals surface area contributed by atoms with Crippen molar-refractivity contribution in [2.24, 2.45) is 4.40 Å². The summed E-state index contributed by atoms with van der Waals surface area (Å²) < 4.78 is 42.5. The maximum Gasteiger partial charge on any atom is 0.326 e. The largest absolute Gasteiger partial charge is 0.494 e. The third kappa shape index (κ3) is 4.86. The highest BCUT2D eigenvalue weighted by atomic mass is 32.2. The van der Waals surface area contributed by atoms with Crippen LogP contribution in [0, 0.1) is 6.92 Å². The molecule has 0 saturated carbocycles. The minimum absolute atomic E-state index is 0.0956. The zero-order valence-corrected chi connectivity index (χ0v) is 18.0. The lowest BCUT2D eigenvalue weighted by Crippen LogP contribution is -2.23. The lowest BCUT2D eigenvalue weighted by molar-refractivity contribution is -0.143. The van der Waals surface area contributed by atoms with E-state index in [4.69, 9.17) is 9.47 Å². The molecule has 0 unspecified atom stereocenters. The lowest BCUT2D eigenvalue weighted by atomic mass is 10.2. The van der Waals surface area contributed by atoms with Gasteiger partial charge in [-0.05, 0) is 51.1 Å². The molecule has 0 spiro atoms. The minimum atomic E-state index is -3.94. The van der Waals surface area contributed by atoms with Gasteiger partial charge in [0.15, 0.2) is 0 Å². The zero-order chi connectivity index (χ0) is 21.0. The molecule has 0 radical (unpaired) electrons. The molecule has 0 saturated heterocycles. The van der Waals surface area contributed by atoms with Gasteiger partial charge in [0.25, 0.3) is 10.0 Å². The van der Waals surface area contributed by atoms with E-state index >= 15 is 0 Å². The van der Waals surface area contributed by atoms with Gasteiger partial charge in [-0.2, -0.15) is 8.42 Å². The van der Waals surface area contributed by atoms with Crippen LogP contribution in [0.2, 0.25) is 0 Å². The van der Waals surface area contributed by atoms with Crippen molar-refractivity contribution in [2.45, 2.75) is 32.2 Å². The molecule has 7 nitrogen and oxygen atoms in total. The summed E-state index contributed by atoms with van der Waals surface area (Å²) in [6, 6.07) is 11.8. The van der Waals surface area contributed by atoms with Gasteiger partial charge < -0.3 is 14.0 Å². The first-order valence-electron chi connectivity index (χ1n) is 9.13. The fourth-order valence-corrected chi connectivity index (χ4v) is 5.00. The lowest BCUT2D eigenvalue weighted by Gasteiger charge is -2.06. The molecule has 0 atom stereocenters. The van der Waals surface area contributed by atoms with Crippen LogP contribution in [0.5, 0.6) is 5.75 Å². The predicted molar refractivity (Wildman–Crippen MR) is 112 cm³/mol. The Morgan fingerprint density at radius 3 is 2.48 bits per heavy atom. The number of rotatable bonds is 7. The SMILES string of the molecule is CCOC(=O)Cn1/c(=N/S(=O)(=O)c2ccc(C)cc2)sc2cc(OCC)ccc21. The highest BCUT2D eigenvalue weighted by molar-refractivity contribution is 7.90. The maximum atomic E-state index is 12.8. The topological polar surface area (TPSA) is 87.0 Å². The standard InChI is InChI=1S/C20H22N2O5S2/c1-4-26-15-8-11-17-18(12-15)28-20(22(17)13-19(23)27-5-2)21-29(24,25)16-9-6-14(3)7-10-16/h6-12H,4-5,13H2,1-3H3/b21-20-. The molecule has 0 bridgehead atoms. The number of aromatic nitrogens is 1. The molecule has 0 N–H and O–H groups in total. The molecule has 3 rings (SSSR count). The Morgan fingerprint density at radius 1 is 1.10 bits per heavy atom. The number of carbonyl (C=O) groups is 1. The van der Waals surface area contributed by atoms with Crippen molar-refractivity contribution in [3.8, 4) is 5.75 Å². The smallest absolute Gasteiger partial charge is 0.326 e. The van der Waals surface area contributed by atoms with Crippen LogP contribution in [0.1, 0.15) is 19.4 Å². The van der Waals surface area contributed by atoms with E-state index in [0.29, 0.717) is 17.9 Å². The van der Waals surface area contributed by atoms with Gasteiger partial charge in [-0.3, -0.25) is 4.79 Å². The second kappa shape index (κ2) is 8.79. The molecule has 0 aliphatic carbocycles. The van der Waals surface area contributed by atoms with E-state index in [9.17, 15) is 13.2 Å². The Morgan fingerprint density at radius 2 is 1.83 bits per heavy atom. The molecule has 1 heterocycles. The van der Waals surface area contributed by atoms with Crippen molar-refractivity contribution in [3.63, 3.8) is 0 Å². The Balaban J connectivity index is 2.17. The highest BCUT2D eigenvalue weighted by Gasteiger charge is 2.17. The molecule has 154 valence electrons. The number of sulfonamides is 1. The molecule has 0 aliphatic heterocycles. The number of hydrogen-bond donors (Lipinski definition) is 0. The Bertz CT molecular complexity index is 1190.